The number of carbonyl (C=O) groups is 1. The average Bonchev–Trinajstić information content (AvgIpc) is 2.69. The molecule has 88 valence electrons. The van der Waals surface area contributed by atoms with Crippen LogP contribution in [-0.4, -0.2) is 15.6 Å². The number of allylic oxidation sites excluding steroid dienone is 2. The number of ketones is 1. The van der Waals surface area contributed by atoms with Crippen LogP contribution in [0.2, 0.25) is 0 Å². The van der Waals surface area contributed by atoms with E-state index in [1.807, 2.05) is 19.4 Å². The van der Waals surface area contributed by atoms with Gasteiger partial charge >= 0.3 is 0 Å². The van der Waals surface area contributed by atoms with E-state index in [-0.39, 0.29) is 5.78 Å². The molecular weight excluding hydrogens is 200 g/mol. The summed E-state index contributed by atoms with van der Waals surface area (Å²) in [5.74, 6) is 0.225. The van der Waals surface area contributed by atoms with Gasteiger partial charge in [-0.05, 0) is 30.9 Å². The zero-order valence-corrected chi connectivity index (χ0v) is 10.4. The molecule has 1 aromatic rings. The Labute approximate surface area is 97.2 Å². The third kappa shape index (κ3) is 4.01. The summed E-state index contributed by atoms with van der Waals surface area (Å²) in [6.45, 7) is 4.17. The summed E-state index contributed by atoms with van der Waals surface area (Å²) in [4.78, 5) is 11.6. The van der Waals surface area contributed by atoms with Gasteiger partial charge in [-0.1, -0.05) is 19.4 Å². The lowest BCUT2D eigenvalue weighted by molar-refractivity contribution is -0.114. The molecule has 0 aliphatic heterocycles. The topological polar surface area (TPSA) is 34.9 Å². The summed E-state index contributed by atoms with van der Waals surface area (Å²) in [5.41, 5.74) is 2.36. The van der Waals surface area contributed by atoms with Crippen LogP contribution in [0.5, 0.6) is 0 Å². The van der Waals surface area contributed by atoms with E-state index < -0.39 is 0 Å². The first-order valence-corrected chi connectivity index (χ1v) is 5.85. The van der Waals surface area contributed by atoms with Gasteiger partial charge in [0.15, 0.2) is 5.78 Å². The fraction of sp³-hybridized carbons (Fsp3) is 0.538. The smallest absolute Gasteiger partial charge is 0.155 e. The number of hydrogen-bond donors (Lipinski definition) is 0. The van der Waals surface area contributed by atoms with Crippen molar-refractivity contribution < 1.29 is 4.79 Å². The van der Waals surface area contributed by atoms with Crippen LogP contribution in [0, 0.1) is 0 Å². The molecule has 1 heterocycles. The molecule has 1 rings (SSSR count). The van der Waals surface area contributed by atoms with Crippen LogP contribution in [0.25, 0.3) is 0 Å². The molecule has 3 heteroatoms. The number of nitrogens with zero attached hydrogens (tertiary/aromatic N) is 2. The van der Waals surface area contributed by atoms with Crippen LogP contribution in [0.3, 0.4) is 0 Å². The van der Waals surface area contributed by atoms with Crippen LogP contribution >= 0.6 is 0 Å². The van der Waals surface area contributed by atoms with Gasteiger partial charge in [-0.3, -0.25) is 9.48 Å². The van der Waals surface area contributed by atoms with Crippen molar-refractivity contribution in [1.29, 1.82) is 0 Å². The first-order valence-electron chi connectivity index (χ1n) is 5.85. The predicted octanol–water partition coefficient (Wildman–Crippen LogP) is 2.67. The molecular formula is C13H20N2O. The van der Waals surface area contributed by atoms with Crippen molar-refractivity contribution in [3.63, 3.8) is 0 Å². The Bertz CT molecular complexity index is 371. The summed E-state index contributed by atoms with van der Waals surface area (Å²) >= 11 is 0. The quantitative estimate of drug-likeness (QED) is 0.691. The third-order valence-corrected chi connectivity index (χ3v) is 2.69. The van der Waals surface area contributed by atoms with Gasteiger partial charge in [0.1, 0.15) is 0 Å². The minimum absolute atomic E-state index is 0.225. The molecule has 0 radical (unpaired) electrons. The Hall–Kier alpha value is -1.38. The monoisotopic (exact) mass is 220 g/mol. The fourth-order valence-corrected chi connectivity index (χ4v) is 1.62. The zero-order chi connectivity index (χ0) is 12.0. The molecule has 0 aliphatic rings. The highest BCUT2D eigenvalue weighted by Gasteiger charge is 2.02. The third-order valence-electron chi connectivity index (χ3n) is 2.69. The van der Waals surface area contributed by atoms with E-state index in [1.54, 1.807) is 10.8 Å². The van der Waals surface area contributed by atoms with Gasteiger partial charge in [-0.15, -0.1) is 0 Å². The molecule has 0 bridgehead atoms. The molecule has 0 unspecified atom stereocenters. The molecule has 0 saturated heterocycles. The van der Waals surface area contributed by atoms with Crippen molar-refractivity contribution in [1.82, 2.24) is 9.78 Å². The molecule has 0 amide bonds. The summed E-state index contributed by atoms with van der Waals surface area (Å²) in [7, 11) is 1.89. The maximum absolute atomic E-state index is 11.6. The second-order valence-corrected chi connectivity index (χ2v) is 4.00. The summed E-state index contributed by atoms with van der Waals surface area (Å²) in [5, 5.41) is 4.08. The molecule has 0 fully saturated rings. The molecule has 0 spiro atoms. The lowest BCUT2D eigenvalue weighted by Gasteiger charge is -1.99. The van der Waals surface area contributed by atoms with E-state index in [1.165, 1.54) is 5.57 Å². The second-order valence-electron chi connectivity index (χ2n) is 4.00. The van der Waals surface area contributed by atoms with Crippen LogP contribution in [-0.2, 0) is 18.3 Å². The first-order chi connectivity index (χ1) is 7.65. The summed E-state index contributed by atoms with van der Waals surface area (Å²) in [6.07, 6.45) is 8.87. The molecule has 0 N–H and O–H groups in total. The molecule has 0 saturated carbocycles. The molecule has 0 aromatic carbocycles. The Kier molecular flexibility index (Phi) is 4.96. The van der Waals surface area contributed by atoms with Crippen LogP contribution in [0.15, 0.2) is 24.0 Å². The Morgan fingerprint density at radius 2 is 2.12 bits per heavy atom. The molecule has 0 atom stereocenters. The van der Waals surface area contributed by atoms with Crippen molar-refractivity contribution in [3.8, 4) is 0 Å². The Morgan fingerprint density at radius 3 is 2.62 bits per heavy atom. The number of carbonyl (C=O) groups excluding carboxylic acids is 1. The summed E-state index contributed by atoms with van der Waals surface area (Å²) in [6, 6.07) is 0. The number of rotatable bonds is 6. The zero-order valence-electron chi connectivity index (χ0n) is 10.4. The molecule has 0 aliphatic carbocycles. The van der Waals surface area contributed by atoms with Crippen LogP contribution in [0.4, 0.5) is 0 Å². The van der Waals surface area contributed by atoms with Gasteiger partial charge in [0.25, 0.3) is 0 Å². The van der Waals surface area contributed by atoms with Crippen LogP contribution < -0.4 is 0 Å². The second kappa shape index (κ2) is 6.26. The normalized spacial score (nSPS) is 10.2. The number of aryl methyl sites for hydroxylation is 2. The first kappa shape index (κ1) is 12.7. The maximum Gasteiger partial charge on any atom is 0.155 e. The Balaban J connectivity index is 2.44. The Morgan fingerprint density at radius 1 is 1.44 bits per heavy atom. The van der Waals surface area contributed by atoms with Gasteiger partial charge in [-0.25, -0.2) is 0 Å². The van der Waals surface area contributed by atoms with E-state index >= 15 is 0 Å². The minimum Gasteiger partial charge on any atom is -0.295 e. The highest BCUT2D eigenvalue weighted by molar-refractivity contribution is 5.90. The van der Waals surface area contributed by atoms with Crippen molar-refractivity contribution >= 4 is 5.78 Å². The van der Waals surface area contributed by atoms with E-state index in [0.717, 1.165) is 24.8 Å². The largest absolute Gasteiger partial charge is 0.295 e. The molecule has 16 heavy (non-hydrogen) atoms. The maximum atomic E-state index is 11.6. The highest BCUT2D eigenvalue weighted by Crippen LogP contribution is 2.08. The van der Waals surface area contributed by atoms with Crippen molar-refractivity contribution in [2.75, 3.05) is 0 Å². The van der Waals surface area contributed by atoms with Crippen molar-refractivity contribution in [3.05, 3.63) is 29.6 Å². The van der Waals surface area contributed by atoms with Crippen molar-refractivity contribution in [2.45, 2.75) is 39.5 Å². The fourth-order valence-electron chi connectivity index (χ4n) is 1.62. The standard InChI is InChI=1S/C13H20N2O/c1-4-11(5-2)8-13(16)7-6-12-9-14-15(3)10-12/h8-10H,4-7H2,1-3H3. The number of hydrogen-bond acceptors (Lipinski definition) is 2. The van der Waals surface area contributed by atoms with E-state index in [4.69, 9.17) is 0 Å². The van der Waals surface area contributed by atoms with E-state index in [0.29, 0.717) is 6.42 Å². The average molecular weight is 220 g/mol. The predicted molar refractivity (Wildman–Crippen MR) is 65.2 cm³/mol. The van der Waals surface area contributed by atoms with Crippen LogP contribution in [0.1, 0.15) is 38.7 Å². The molecule has 1 aromatic heterocycles. The van der Waals surface area contributed by atoms with Gasteiger partial charge < -0.3 is 0 Å². The lowest BCUT2D eigenvalue weighted by Crippen LogP contribution is -1.97. The van der Waals surface area contributed by atoms with Gasteiger partial charge in [-0.2, -0.15) is 5.10 Å². The van der Waals surface area contributed by atoms with Gasteiger partial charge in [0.2, 0.25) is 0 Å². The van der Waals surface area contributed by atoms with Gasteiger partial charge in [0.05, 0.1) is 6.20 Å². The highest BCUT2D eigenvalue weighted by atomic mass is 16.1. The van der Waals surface area contributed by atoms with E-state index in [9.17, 15) is 4.79 Å². The molecule has 3 nitrogen and oxygen atoms in total. The van der Waals surface area contributed by atoms with E-state index in [2.05, 4.69) is 18.9 Å². The lowest BCUT2D eigenvalue weighted by atomic mass is 10.1. The van der Waals surface area contributed by atoms with Crippen molar-refractivity contribution in [2.24, 2.45) is 7.05 Å². The minimum atomic E-state index is 0.225. The summed E-state index contributed by atoms with van der Waals surface area (Å²) < 4.78 is 1.76. The number of aromatic nitrogens is 2. The van der Waals surface area contributed by atoms with Gasteiger partial charge in [0, 0.05) is 19.7 Å². The SMILES string of the molecule is CCC(=CC(=O)CCc1cnn(C)c1)CC.